The number of fused-ring (bicyclic) bond motifs is 1. The number of carbonyl (C=O) groups excluding carboxylic acids is 2. The summed E-state index contributed by atoms with van der Waals surface area (Å²) < 4.78 is 10.6. The summed E-state index contributed by atoms with van der Waals surface area (Å²) in [5, 5.41) is 3.78. The maximum atomic E-state index is 12.5. The minimum Gasteiger partial charge on any atom is -0.467 e. The molecule has 1 aromatic heterocycles. The third kappa shape index (κ3) is 4.26. The van der Waals surface area contributed by atoms with Crippen molar-refractivity contribution in [1.82, 2.24) is 10.3 Å². The van der Waals surface area contributed by atoms with Gasteiger partial charge in [-0.05, 0) is 43.7 Å². The van der Waals surface area contributed by atoms with Crippen LogP contribution in [0.4, 0.5) is 4.79 Å². The number of aromatic nitrogens is 1. The van der Waals surface area contributed by atoms with Gasteiger partial charge < -0.3 is 19.8 Å². The van der Waals surface area contributed by atoms with Gasteiger partial charge in [-0.3, -0.25) is 0 Å². The van der Waals surface area contributed by atoms with Gasteiger partial charge in [0.1, 0.15) is 11.6 Å². The van der Waals surface area contributed by atoms with Gasteiger partial charge in [-0.15, -0.1) is 0 Å². The van der Waals surface area contributed by atoms with Gasteiger partial charge in [0, 0.05) is 23.5 Å². The SMILES string of the molecule is COC(=O)[C@](C)(Cc1c[nH]c2ccccc12)NC(=O)OC1CCCCC1C. The van der Waals surface area contributed by atoms with E-state index in [4.69, 9.17) is 9.47 Å². The lowest BCUT2D eigenvalue weighted by Crippen LogP contribution is -2.55. The average Bonchev–Trinajstić information content (AvgIpc) is 3.05. The van der Waals surface area contributed by atoms with E-state index in [2.05, 4.69) is 17.2 Å². The number of rotatable bonds is 5. The molecule has 2 N–H and O–H groups in total. The molecule has 3 atom stereocenters. The lowest BCUT2D eigenvalue weighted by molar-refractivity contribution is -0.147. The zero-order valence-corrected chi connectivity index (χ0v) is 16.2. The van der Waals surface area contributed by atoms with Crippen molar-refractivity contribution in [2.45, 2.75) is 57.6 Å². The molecule has 2 unspecified atom stereocenters. The number of amides is 1. The number of alkyl carbamates (subject to hydrolysis) is 1. The molecular formula is C21H28N2O4. The molecule has 0 saturated heterocycles. The second-order valence-corrected chi connectivity index (χ2v) is 7.69. The Balaban J connectivity index is 1.76. The molecule has 1 aromatic carbocycles. The van der Waals surface area contributed by atoms with Gasteiger partial charge >= 0.3 is 12.1 Å². The molecule has 2 aromatic rings. The van der Waals surface area contributed by atoms with Crippen molar-refractivity contribution in [2.24, 2.45) is 5.92 Å². The fraction of sp³-hybridized carbons (Fsp3) is 0.524. The number of benzene rings is 1. The number of hydrogen-bond donors (Lipinski definition) is 2. The van der Waals surface area contributed by atoms with E-state index in [0.717, 1.165) is 35.7 Å². The standard InChI is InChI=1S/C21H28N2O4/c1-14-8-4-7-11-18(14)27-20(25)23-21(2,19(24)26-3)12-15-13-22-17-10-6-5-9-16(15)17/h5-6,9-10,13-14,18,22H,4,7-8,11-12H2,1-3H3,(H,23,25)/t14?,18?,21-/m0/s1. The summed E-state index contributed by atoms with van der Waals surface area (Å²) in [7, 11) is 1.33. The largest absolute Gasteiger partial charge is 0.467 e. The first-order chi connectivity index (χ1) is 12.9. The fourth-order valence-corrected chi connectivity index (χ4v) is 3.90. The normalized spacial score (nSPS) is 22.0. The fourth-order valence-electron chi connectivity index (χ4n) is 3.90. The highest BCUT2D eigenvalue weighted by molar-refractivity contribution is 5.88. The Morgan fingerprint density at radius 1 is 1.26 bits per heavy atom. The van der Waals surface area contributed by atoms with E-state index in [1.807, 2.05) is 30.5 Å². The maximum Gasteiger partial charge on any atom is 0.408 e. The summed E-state index contributed by atoms with van der Waals surface area (Å²) in [6, 6.07) is 7.85. The van der Waals surface area contributed by atoms with Gasteiger partial charge in [-0.1, -0.05) is 31.5 Å². The molecule has 1 amide bonds. The van der Waals surface area contributed by atoms with E-state index in [9.17, 15) is 9.59 Å². The third-order valence-corrected chi connectivity index (χ3v) is 5.52. The number of nitrogens with one attached hydrogen (secondary N) is 2. The highest BCUT2D eigenvalue weighted by Gasteiger charge is 2.38. The van der Waals surface area contributed by atoms with Crippen LogP contribution in [-0.2, 0) is 20.7 Å². The van der Waals surface area contributed by atoms with Crippen LogP contribution in [0.15, 0.2) is 30.5 Å². The molecule has 0 aliphatic heterocycles. The highest BCUT2D eigenvalue weighted by Crippen LogP contribution is 2.27. The molecule has 1 heterocycles. The molecule has 1 aliphatic rings. The Morgan fingerprint density at radius 3 is 2.74 bits per heavy atom. The average molecular weight is 372 g/mol. The molecule has 1 fully saturated rings. The number of hydrogen-bond acceptors (Lipinski definition) is 4. The van der Waals surface area contributed by atoms with Gasteiger partial charge in [0.2, 0.25) is 0 Å². The van der Waals surface area contributed by atoms with Crippen molar-refractivity contribution in [3.63, 3.8) is 0 Å². The number of H-pyrrole nitrogens is 1. The Hall–Kier alpha value is -2.50. The van der Waals surface area contributed by atoms with Crippen LogP contribution in [0, 0.1) is 5.92 Å². The van der Waals surface area contributed by atoms with Crippen LogP contribution >= 0.6 is 0 Å². The molecule has 3 rings (SSSR count). The predicted molar refractivity (Wildman–Crippen MR) is 103 cm³/mol. The Kier molecular flexibility index (Phi) is 5.73. The van der Waals surface area contributed by atoms with Crippen LogP contribution in [0.1, 0.15) is 45.1 Å². The van der Waals surface area contributed by atoms with Crippen molar-refractivity contribution in [3.8, 4) is 0 Å². The van der Waals surface area contributed by atoms with E-state index in [1.165, 1.54) is 13.5 Å². The number of ether oxygens (including phenoxy) is 2. The first-order valence-electron chi connectivity index (χ1n) is 9.55. The summed E-state index contributed by atoms with van der Waals surface area (Å²) in [6.07, 6.45) is 5.65. The summed E-state index contributed by atoms with van der Waals surface area (Å²) in [5.41, 5.74) is 0.706. The Bertz CT molecular complexity index is 815. The lowest BCUT2D eigenvalue weighted by atomic mass is 9.88. The van der Waals surface area contributed by atoms with E-state index < -0.39 is 17.6 Å². The van der Waals surface area contributed by atoms with Crippen molar-refractivity contribution in [1.29, 1.82) is 0 Å². The maximum absolute atomic E-state index is 12.5. The van der Waals surface area contributed by atoms with Crippen molar-refractivity contribution in [3.05, 3.63) is 36.0 Å². The monoisotopic (exact) mass is 372 g/mol. The van der Waals surface area contributed by atoms with E-state index in [-0.39, 0.29) is 6.10 Å². The molecule has 6 heteroatoms. The smallest absolute Gasteiger partial charge is 0.408 e. The van der Waals surface area contributed by atoms with Gasteiger partial charge in [0.25, 0.3) is 0 Å². The summed E-state index contributed by atoms with van der Waals surface area (Å²) in [4.78, 5) is 28.2. The number of para-hydroxylation sites is 1. The predicted octanol–water partition coefficient (Wildman–Crippen LogP) is 3.95. The van der Waals surface area contributed by atoms with Gasteiger partial charge in [0.15, 0.2) is 0 Å². The van der Waals surface area contributed by atoms with Crippen LogP contribution in [0.2, 0.25) is 0 Å². The molecule has 1 aliphatic carbocycles. The number of esters is 1. The van der Waals surface area contributed by atoms with Crippen LogP contribution < -0.4 is 5.32 Å². The van der Waals surface area contributed by atoms with E-state index >= 15 is 0 Å². The Labute approximate surface area is 159 Å². The van der Waals surface area contributed by atoms with Crippen LogP contribution in [0.25, 0.3) is 10.9 Å². The van der Waals surface area contributed by atoms with Crippen molar-refractivity contribution >= 4 is 23.0 Å². The zero-order chi connectivity index (χ0) is 19.4. The topological polar surface area (TPSA) is 80.4 Å². The lowest BCUT2D eigenvalue weighted by Gasteiger charge is -2.31. The summed E-state index contributed by atoms with van der Waals surface area (Å²) >= 11 is 0. The first-order valence-corrected chi connectivity index (χ1v) is 9.55. The highest BCUT2D eigenvalue weighted by atomic mass is 16.6. The number of aromatic amines is 1. The van der Waals surface area contributed by atoms with E-state index in [1.54, 1.807) is 6.92 Å². The summed E-state index contributed by atoms with van der Waals surface area (Å²) in [5.74, 6) is -0.163. The van der Waals surface area contributed by atoms with Crippen LogP contribution in [0.5, 0.6) is 0 Å². The minimum atomic E-state index is -1.21. The van der Waals surface area contributed by atoms with Gasteiger partial charge in [-0.25, -0.2) is 9.59 Å². The second-order valence-electron chi connectivity index (χ2n) is 7.69. The third-order valence-electron chi connectivity index (χ3n) is 5.52. The van der Waals surface area contributed by atoms with Gasteiger partial charge in [0.05, 0.1) is 7.11 Å². The van der Waals surface area contributed by atoms with Crippen LogP contribution in [-0.4, -0.2) is 35.8 Å². The molecule has 6 nitrogen and oxygen atoms in total. The second kappa shape index (κ2) is 8.03. The zero-order valence-electron chi connectivity index (χ0n) is 16.2. The van der Waals surface area contributed by atoms with Crippen molar-refractivity contribution < 1.29 is 19.1 Å². The molecule has 0 spiro atoms. The molecule has 0 radical (unpaired) electrons. The summed E-state index contributed by atoms with van der Waals surface area (Å²) in [6.45, 7) is 3.77. The van der Waals surface area contributed by atoms with Crippen LogP contribution in [0.3, 0.4) is 0 Å². The van der Waals surface area contributed by atoms with Gasteiger partial charge in [-0.2, -0.15) is 0 Å². The Morgan fingerprint density at radius 2 is 2.00 bits per heavy atom. The molecule has 27 heavy (non-hydrogen) atoms. The molecule has 146 valence electrons. The molecular weight excluding hydrogens is 344 g/mol. The minimum absolute atomic E-state index is 0.103. The number of methoxy groups -OCH3 is 1. The van der Waals surface area contributed by atoms with Crippen molar-refractivity contribution in [2.75, 3.05) is 7.11 Å². The molecule has 0 bridgehead atoms. The first kappa shape index (κ1) is 19.3. The number of carbonyl (C=O) groups is 2. The molecule has 1 saturated carbocycles. The quantitative estimate of drug-likeness (QED) is 0.779. The van der Waals surface area contributed by atoms with E-state index in [0.29, 0.717) is 12.3 Å².